The van der Waals surface area contributed by atoms with Crippen LogP contribution < -0.4 is 0 Å². The van der Waals surface area contributed by atoms with E-state index in [-0.39, 0.29) is 5.78 Å². The molecule has 1 heterocycles. The Balaban J connectivity index is 2.66. The number of carbonyl (C=O) groups is 1. The van der Waals surface area contributed by atoms with Gasteiger partial charge in [0.1, 0.15) is 6.21 Å². The lowest BCUT2D eigenvalue weighted by atomic mass is 10.3. The van der Waals surface area contributed by atoms with Crippen molar-refractivity contribution in [3.63, 3.8) is 0 Å². The quantitative estimate of drug-likeness (QED) is 0.427. The van der Waals surface area contributed by atoms with Crippen LogP contribution in [0, 0.1) is 0 Å². The average Bonchev–Trinajstić information content (AvgIpc) is 1.69. The van der Waals surface area contributed by atoms with Gasteiger partial charge in [-0.05, 0) is 0 Å². The van der Waals surface area contributed by atoms with E-state index >= 15 is 0 Å². The number of aliphatic imine (C=N–C) groups is 1. The molecule has 0 N–H and O–H groups in total. The van der Waals surface area contributed by atoms with E-state index in [1.54, 1.807) is 12.3 Å². The van der Waals surface area contributed by atoms with E-state index in [0.717, 1.165) is 0 Å². The lowest BCUT2D eigenvalue weighted by Gasteiger charge is -1.86. The molecule has 0 aliphatic carbocycles. The minimum atomic E-state index is -0.0394. The highest BCUT2D eigenvalue weighted by Crippen LogP contribution is 1.89. The molecule has 0 atom stereocenters. The summed E-state index contributed by atoms with van der Waals surface area (Å²) >= 11 is 0. The molecule has 0 saturated heterocycles. The van der Waals surface area contributed by atoms with Crippen LogP contribution in [-0.2, 0) is 4.79 Å². The van der Waals surface area contributed by atoms with Crippen molar-refractivity contribution in [1.82, 2.24) is 0 Å². The molecule has 0 saturated carbocycles. The fraction of sp³-hybridized carbons (Fsp3) is 0.200. The van der Waals surface area contributed by atoms with Crippen LogP contribution >= 0.6 is 0 Å². The van der Waals surface area contributed by atoms with Gasteiger partial charge in [0, 0.05) is 12.6 Å². The molecule has 0 bridgehead atoms. The Bertz CT molecular complexity index is 135. The van der Waals surface area contributed by atoms with E-state index in [2.05, 4.69) is 11.2 Å². The number of Topliss-reactive ketones (excluding diaryl/α,β-unsaturated/α-hetero) is 1. The van der Waals surface area contributed by atoms with Crippen molar-refractivity contribution in [2.45, 2.75) is 6.42 Å². The van der Waals surface area contributed by atoms with Crippen molar-refractivity contribution < 1.29 is 4.79 Å². The summed E-state index contributed by atoms with van der Waals surface area (Å²) in [5.74, 6) is -0.0394. The van der Waals surface area contributed by atoms with E-state index in [1.807, 2.05) is 0 Å². The number of nitrogens with zero attached hydrogens (tertiary/aromatic N) is 1. The summed E-state index contributed by atoms with van der Waals surface area (Å²) in [6.07, 6.45) is 6.02. The van der Waals surface area contributed by atoms with Gasteiger partial charge in [-0.15, -0.1) is 0 Å². The van der Waals surface area contributed by atoms with E-state index in [0.29, 0.717) is 6.42 Å². The van der Waals surface area contributed by atoms with Crippen LogP contribution in [0.15, 0.2) is 17.3 Å². The Hall–Kier alpha value is -0.920. The van der Waals surface area contributed by atoms with Gasteiger partial charge in [0.05, 0.1) is 0 Å². The SMILES string of the molecule is O=C1[C]=NC=CC1. The predicted molar refractivity (Wildman–Crippen MR) is 26.2 cm³/mol. The van der Waals surface area contributed by atoms with E-state index < -0.39 is 0 Å². The second-order valence-corrected chi connectivity index (χ2v) is 1.25. The molecule has 1 aliphatic rings. The first-order valence-electron chi connectivity index (χ1n) is 2.03. The van der Waals surface area contributed by atoms with Crippen molar-refractivity contribution >= 4 is 12.0 Å². The molecule has 0 aromatic carbocycles. The van der Waals surface area contributed by atoms with Gasteiger partial charge < -0.3 is 0 Å². The summed E-state index contributed by atoms with van der Waals surface area (Å²) in [5.41, 5.74) is 0. The summed E-state index contributed by atoms with van der Waals surface area (Å²) in [6, 6.07) is 0. The number of allylic oxidation sites excluding steroid dienone is 1. The largest absolute Gasteiger partial charge is 0.292 e. The zero-order chi connectivity index (χ0) is 5.11. The van der Waals surface area contributed by atoms with E-state index in [4.69, 9.17) is 0 Å². The molecule has 0 amide bonds. The zero-order valence-electron chi connectivity index (χ0n) is 3.72. The van der Waals surface area contributed by atoms with Crippen molar-refractivity contribution in [2.24, 2.45) is 4.99 Å². The minimum absolute atomic E-state index is 0.0394. The fourth-order valence-corrected chi connectivity index (χ4v) is 0.367. The van der Waals surface area contributed by atoms with Crippen LogP contribution in [0.2, 0.25) is 0 Å². The number of ketones is 1. The van der Waals surface area contributed by atoms with Crippen molar-refractivity contribution in [1.29, 1.82) is 0 Å². The smallest absolute Gasteiger partial charge is 0.187 e. The zero-order valence-corrected chi connectivity index (χ0v) is 3.72. The number of carbonyl (C=O) groups excluding carboxylic acids is 1. The van der Waals surface area contributed by atoms with Crippen LogP contribution in [0.4, 0.5) is 0 Å². The fourth-order valence-electron chi connectivity index (χ4n) is 0.367. The Morgan fingerprint density at radius 2 is 2.71 bits per heavy atom. The molecule has 2 heteroatoms. The normalized spacial score (nSPS) is 18.0. The molecule has 35 valence electrons. The van der Waals surface area contributed by atoms with Crippen molar-refractivity contribution in [3.8, 4) is 0 Å². The summed E-state index contributed by atoms with van der Waals surface area (Å²) in [6.45, 7) is 0. The van der Waals surface area contributed by atoms with E-state index in [9.17, 15) is 4.79 Å². The first-order valence-corrected chi connectivity index (χ1v) is 2.03. The average molecular weight is 94.1 g/mol. The Kier molecular flexibility index (Phi) is 1.02. The van der Waals surface area contributed by atoms with Crippen LogP contribution in [0.1, 0.15) is 6.42 Å². The standard InChI is InChI=1S/C5H4NO/c7-5-2-1-3-6-4-5/h1,3H,2H2. The second kappa shape index (κ2) is 1.69. The van der Waals surface area contributed by atoms with E-state index in [1.165, 1.54) is 0 Å². The lowest BCUT2D eigenvalue weighted by molar-refractivity contribution is -0.111. The molecular formula is C5H4NO. The molecule has 1 rings (SSSR count). The van der Waals surface area contributed by atoms with Crippen LogP contribution in [0.5, 0.6) is 0 Å². The topological polar surface area (TPSA) is 29.4 Å². The minimum Gasteiger partial charge on any atom is -0.292 e. The second-order valence-electron chi connectivity index (χ2n) is 1.25. The lowest BCUT2D eigenvalue weighted by Crippen LogP contribution is -1.98. The third-order valence-corrected chi connectivity index (χ3v) is 0.672. The Labute approximate surface area is 41.6 Å². The third kappa shape index (κ3) is 0.961. The Morgan fingerprint density at radius 3 is 3.00 bits per heavy atom. The summed E-state index contributed by atoms with van der Waals surface area (Å²) in [7, 11) is 0. The van der Waals surface area contributed by atoms with Gasteiger partial charge >= 0.3 is 0 Å². The first kappa shape index (κ1) is 4.24. The maximum absolute atomic E-state index is 10.2. The van der Waals surface area contributed by atoms with Gasteiger partial charge in [-0.3, -0.25) is 9.79 Å². The molecular weight excluding hydrogens is 90.1 g/mol. The molecule has 0 aromatic rings. The first-order chi connectivity index (χ1) is 3.39. The van der Waals surface area contributed by atoms with Gasteiger partial charge in [0.25, 0.3) is 0 Å². The predicted octanol–water partition coefficient (Wildman–Crippen LogP) is 0.421. The highest BCUT2D eigenvalue weighted by atomic mass is 16.1. The van der Waals surface area contributed by atoms with Crippen LogP contribution in [0.25, 0.3) is 0 Å². The Morgan fingerprint density at radius 1 is 1.86 bits per heavy atom. The molecule has 0 spiro atoms. The highest BCUT2D eigenvalue weighted by Gasteiger charge is 1.95. The molecule has 0 unspecified atom stereocenters. The maximum Gasteiger partial charge on any atom is 0.187 e. The van der Waals surface area contributed by atoms with Gasteiger partial charge in [0.15, 0.2) is 5.78 Å². The molecule has 0 aromatic heterocycles. The van der Waals surface area contributed by atoms with Crippen LogP contribution in [0.3, 0.4) is 0 Å². The summed E-state index contributed by atoms with van der Waals surface area (Å²) < 4.78 is 0. The number of hydrogen-bond donors (Lipinski definition) is 0. The van der Waals surface area contributed by atoms with Crippen LogP contribution in [-0.4, -0.2) is 12.0 Å². The summed E-state index contributed by atoms with van der Waals surface area (Å²) in [5, 5.41) is 0. The third-order valence-electron chi connectivity index (χ3n) is 0.672. The van der Waals surface area contributed by atoms with Gasteiger partial charge in [0.2, 0.25) is 0 Å². The van der Waals surface area contributed by atoms with Crippen molar-refractivity contribution in [2.75, 3.05) is 0 Å². The van der Waals surface area contributed by atoms with Crippen molar-refractivity contribution in [3.05, 3.63) is 12.3 Å². The summed E-state index contributed by atoms with van der Waals surface area (Å²) in [4.78, 5) is 13.7. The van der Waals surface area contributed by atoms with Gasteiger partial charge in [-0.25, -0.2) is 0 Å². The molecule has 7 heavy (non-hydrogen) atoms. The molecule has 1 radical (unpaired) electrons. The highest BCUT2D eigenvalue weighted by molar-refractivity contribution is 6.28. The monoisotopic (exact) mass is 94.0 g/mol. The molecule has 2 nitrogen and oxygen atoms in total. The van der Waals surface area contributed by atoms with Gasteiger partial charge in [-0.1, -0.05) is 6.08 Å². The molecule has 0 fully saturated rings. The maximum atomic E-state index is 10.2. The number of hydrogen-bond acceptors (Lipinski definition) is 2. The molecule has 1 aliphatic heterocycles. The number of rotatable bonds is 0. The van der Waals surface area contributed by atoms with Gasteiger partial charge in [-0.2, -0.15) is 0 Å².